The zero-order valence-electron chi connectivity index (χ0n) is 7.99. The Morgan fingerprint density at radius 2 is 2.31 bits per heavy atom. The van der Waals surface area contributed by atoms with Gasteiger partial charge in [-0.05, 0) is 6.92 Å². The third-order valence-corrected chi connectivity index (χ3v) is 2.15. The molecule has 1 heterocycles. The van der Waals surface area contributed by atoms with Gasteiger partial charge in [0.2, 0.25) is 0 Å². The first-order valence-electron chi connectivity index (χ1n) is 4.24. The van der Waals surface area contributed by atoms with Gasteiger partial charge in [-0.1, -0.05) is 0 Å². The molecule has 0 saturated carbocycles. The van der Waals surface area contributed by atoms with Crippen LogP contribution in [-0.2, 0) is 9.53 Å². The predicted molar refractivity (Wildman–Crippen MR) is 47.1 cm³/mol. The van der Waals surface area contributed by atoms with Crippen LogP contribution in [-0.4, -0.2) is 54.4 Å². The fraction of sp³-hybridized carbons (Fsp3) is 0.875. The Kier molecular flexibility index (Phi) is 2.90. The summed E-state index contributed by atoms with van der Waals surface area (Å²) >= 11 is 0. The maximum Gasteiger partial charge on any atom is 0.253 e. The second-order valence-electron chi connectivity index (χ2n) is 3.65. The summed E-state index contributed by atoms with van der Waals surface area (Å²) in [5, 5.41) is 9.39. The minimum Gasteiger partial charge on any atom is -0.386 e. The highest BCUT2D eigenvalue weighted by Crippen LogP contribution is 2.20. The van der Waals surface area contributed by atoms with E-state index < -0.39 is 11.7 Å². The van der Waals surface area contributed by atoms with Crippen molar-refractivity contribution >= 4 is 5.91 Å². The van der Waals surface area contributed by atoms with Crippen LogP contribution in [0.5, 0.6) is 0 Å². The van der Waals surface area contributed by atoms with Crippen LogP contribution in [0.4, 0.5) is 0 Å². The van der Waals surface area contributed by atoms with Gasteiger partial charge in [0.1, 0.15) is 6.10 Å². The molecule has 0 bridgehead atoms. The van der Waals surface area contributed by atoms with Crippen molar-refractivity contribution < 1.29 is 14.6 Å². The van der Waals surface area contributed by atoms with Gasteiger partial charge >= 0.3 is 0 Å². The van der Waals surface area contributed by atoms with Gasteiger partial charge in [0, 0.05) is 13.7 Å². The molecular formula is C8H16N2O3. The maximum atomic E-state index is 11.5. The minimum absolute atomic E-state index is 0.142. The van der Waals surface area contributed by atoms with Gasteiger partial charge in [-0.15, -0.1) is 0 Å². The van der Waals surface area contributed by atoms with Gasteiger partial charge in [0.05, 0.1) is 18.7 Å². The second-order valence-corrected chi connectivity index (χ2v) is 3.65. The van der Waals surface area contributed by atoms with Crippen molar-refractivity contribution in [2.24, 2.45) is 5.73 Å². The standard InChI is InChI=1S/C8H16N2O3/c1-8(12)4-10(5-8)7(11)6(3-9)13-2/h6,12H,3-5,9H2,1-2H3. The summed E-state index contributed by atoms with van der Waals surface area (Å²) in [4.78, 5) is 13.0. The lowest BCUT2D eigenvalue weighted by atomic mass is 9.96. The van der Waals surface area contributed by atoms with E-state index in [9.17, 15) is 9.90 Å². The van der Waals surface area contributed by atoms with Crippen molar-refractivity contribution in [2.45, 2.75) is 18.6 Å². The van der Waals surface area contributed by atoms with Crippen molar-refractivity contribution in [2.75, 3.05) is 26.7 Å². The fourth-order valence-electron chi connectivity index (χ4n) is 1.43. The van der Waals surface area contributed by atoms with E-state index in [1.807, 2.05) is 0 Å². The molecule has 0 aliphatic carbocycles. The van der Waals surface area contributed by atoms with Crippen molar-refractivity contribution in [1.82, 2.24) is 4.90 Å². The highest BCUT2D eigenvalue weighted by Gasteiger charge is 2.41. The number of carbonyl (C=O) groups is 1. The molecule has 1 aliphatic rings. The molecule has 0 aromatic heterocycles. The van der Waals surface area contributed by atoms with Crippen LogP contribution in [0.2, 0.25) is 0 Å². The number of nitrogens with zero attached hydrogens (tertiary/aromatic N) is 1. The highest BCUT2D eigenvalue weighted by molar-refractivity contribution is 5.82. The highest BCUT2D eigenvalue weighted by atomic mass is 16.5. The number of methoxy groups -OCH3 is 1. The van der Waals surface area contributed by atoms with Crippen LogP contribution in [0.3, 0.4) is 0 Å². The quantitative estimate of drug-likeness (QED) is 0.568. The predicted octanol–water partition coefficient (Wildman–Crippen LogP) is -1.45. The van der Waals surface area contributed by atoms with Crippen LogP contribution in [0.1, 0.15) is 6.92 Å². The van der Waals surface area contributed by atoms with E-state index in [0.29, 0.717) is 13.1 Å². The Morgan fingerprint density at radius 3 is 2.62 bits per heavy atom. The van der Waals surface area contributed by atoms with E-state index in [2.05, 4.69) is 0 Å². The average Bonchev–Trinajstić information content (AvgIpc) is 2.02. The number of β-amino-alcohol motifs (C(OH)–C–C–N with tert-alkyl or cyclic N) is 1. The van der Waals surface area contributed by atoms with Gasteiger partial charge in [0.15, 0.2) is 0 Å². The molecule has 1 unspecified atom stereocenters. The summed E-state index contributed by atoms with van der Waals surface area (Å²) in [7, 11) is 1.45. The van der Waals surface area contributed by atoms with Crippen LogP contribution in [0.25, 0.3) is 0 Å². The summed E-state index contributed by atoms with van der Waals surface area (Å²) < 4.78 is 4.89. The van der Waals surface area contributed by atoms with Gasteiger partial charge in [0.25, 0.3) is 5.91 Å². The third-order valence-electron chi connectivity index (χ3n) is 2.15. The first kappa shape index (κ1) is 10.4. The zero-order valence-corrected chi connectivity index (χ0v) is 7.99. The van der Waals surface area contributed by atoms with Gasteiger partial charge < -0.3 is 20.5 Å². The average molecular weight is 188 g/mol. The molecule has 5 heteroatoms. The molecule has 1 atom stereocenters. The van der Waals surface area contributed by atoms with E-state index >= 15 is 0 Å². The molecule has 1 rings (SSSR count). The molecule has 0 aromatic rings. The smallest absolute Gasteiger partial charge is 0.253 e. The van der Waals surface area contributed by atoms with Crippen LogP contribution < -0.4 is 5.73 Å². The van der Waals surface area contributed by atoms with E-state index in [4.69, 9.17) is 10.5 Å². The SMILES string of the molecule is COC(CN)C(=O)N1CC(C)(O)C1. The first-order valence-corrected chi connectivity index (χ1v) is 4.24. The van der Waals surface area contributed by atoms with Crippen molar-refractivity contribution in [3.63, 3.8) is 0 Å². The number of hydrogen-bond acceptors (Lipinski definition) is 4. The number of hydrogen-bond donors (Lipinski definition) is 2. The number of aliphatic hydroxyl groups is 1. The maximum absolute atomic E-state index is 11.5. The first-order chi connectivity index (χ1) is 6.00. The summed E-state index contributed by atoms with van der Waals surface area (Å²) in [6, 6.07) is 0. The molecule has 1 amide bonds. The summed E-state index contributed by atoms with van der Waals surface area (Å²) in [5.74, 6) is -0.142. The number of rotatable bonds is 3. The molecule has 0 spiro atoms. The van der Waals surface area contributed by atoms with Crippen LogP contribution in [0, 0.1) is 0 Å². The molecule has 13 heavy (non-hydrogen) atoms. The Hall–Kier alpha value is -0.650. The third kappa shape index (κ3) is 2.18. The summed E-state index contributed by atoms with van der Waals surface area (Å²) in [6.07, 6.45) is -0.573. The lowest BCUT2D eigenvalue weighted by Crippen LogP contribution is -2.64. The molecule has 0 radical (unpaired) electrons. The Bertz CT molecular complexity index is 194. The van der Waals surface area contributed by atoms with Crippen molar-refractivity contribution in [3.05, 3.63) is 0 Å². The Morgan fingerprint density at radius 1 is 1.77 bits per heavy atom. The number of ether oxygens (including phenoxy) is 1. The number of nitrogens with two attached hydrogens (primary N) is 1. The van der Waals surface area contributed by atoms with E-state index in [1.165, 1.54) is 7.11 Å². The molecule has 1 saturated heterocycles. The van der Waals surface area contributed by atoms with E-state index in [1.54, 1.807) is 11.8 Å². The van der Waals surface area contributed by atoms with Crippen molar-refractivity contribution in [3.8, 4) is 0 Å². The van der Waals surface area contributed by atoms with Gasteiger partial charge in [-0.3, -0.25) is 4.79 Å². The number of likely N-dealkylation sites (tertiary alicyclic amines) is 1. The van der Waals surface area contributed by atoms with Crippen LogP contribution >= 0.6 is 0 Å². The molecule has 1 aliphatic heterocycles. The monoisotopic (exact) mass is 188 g/mol. The molecule has 0 aromatic carbocycles. The Balaban J connectivity index is 2.42. The van der Waals surface area contributed by atoms with E-state index in [-0.39, 0.29) is 12.5 Å². The van der Waals surface area contributed by atoms with Crippen LogP contribution in [0.15, 0.2) is 0 Å². The molecule has 76 valence electrons. The fourth-order valence-corrected chi connectivity index (χ4v) is 1.43. The molecule has 3 N–H and O–H groups in total. The topological polar surface area (TPSA) is 75.8 Å². The lowest BCUT2D eigenvalue weighted by molar-refractivity contribution is -0.161. The summed E-state index contributed by atoms with van der Waals surface area (Å²) in [5.41, 5.74) is 4.60. The lowest BCUT2D eigenvalue weighted by Gasteiger charge is -2.45. The number of amides is 1. The normalized spacial score (nSPS) is 22.3. The largest absolute Gasteiger partial charge is 0.386 e. The Labute approximate surface area is 77.5 Å². The molecule has 5 nitrogen and oxygen atoms in total. The molecular weight excluding hydrogens is 172 g/mol. The molecule has 1 fully saturated rings. The van der Waals surface area contributed by atoms with E-state index in [0.717, 1.165) is 0 Å². The zero-order chi connectivity index (χ0) is 10.1. The minimum atomic E-state index is -0.734. The van der Waals surface area contributed by atoms with Gasteiger partial charge in [-0.25, -0.2) is 0 Å². The summed E-state index contributed by atoms with van der Waals surface area (Å²) in [6.45, 7) is 2.60. The second kappa shape index (κ2) is 3.61. The van der Waals surface area contributed by atoms with Gasteiger partial charge in [-0.2, -0.15) is 0 Å². The number of carbonyl (C=O) groups excluding carboxylic acids is 1. The van der Waals surface area contributed by atoms with Crippen molar-refractivity contribution in [1.29, 1.82) is 0 Å².